The number of hydrogen-bond donors (Lipinski definition) is 0. The molecule has 0 radical (unpaired) electrons. The van der Waals surface area contributed by atoms with E-state index in [0.29, 0.717) is 18.1 Å². The fourth-order valence-electron chi connectivity index (χ4n) is 1.09. The molecule has 1 heterocycles. The lowest BCUT2D eigenvalue weighted by atomic mass is 9.76. The van der Waals surface area contributed by atoms with Crippen molar-refractivity contribution in [3.05, 3.63) is 0 Å². The van der Waals surface area contributed by atoms with Crippen molar-refractivity contribution in [1.29, 1.82) is 0 Å². The third-order valence-corrected chi connectivity index (χ3v) is 3.13. The van der Waals surface area contributed by atoms with Gasteiger partial charge in [-0.3, -0.25) is 0 Å². The fraction of sp³-hybridized carbons (Fsp3) is 1.00. The van der Waals surface area contributed by atoms with Gasteiger partial charge in [0.1, 0.15) is 0 Å². The Morgan fingerprint density at radius 3 is 2.00 bits per heavy atom. The van der Waals surface area contributed by atoms with Crippen molar-refractivity contribution in [2.75, 3.05) is 5.88 Å². The summed E-state index contributed by atoms with van der Waals surface area (Å²) in [5.74, 6) is 0.704. The highest BCUT2D eigenvalue weighted by atomic mass is 35.5. The number of alkyl halides is 1. The monoisotopic (exact) mass is 148 g/mol. The first kappa shape index (κ1) is 7.36. The second kappa shape index (κ2) is 2.14. The van der Waals surface area contributed by atoms with E-state index in [1.54, 1.807) is 0 Å². The maximum Gasteiger partial charge on any atom is 0.0640 e. The zero-order valence-electron chi connectivity index (χ0n) is 6.15. The summed E-state index contributed by atoms with van der Waals surface area (Å²) in [4.78, 5) is 0. The average molecular weight is 149 g/mol. The molecule has 2 atom stereocenters. The zero-order chi connectivity index (χ0) is 7.07. The molecule has 1 saturated heterocycles. The van der Waals surface area contributed by atoms with Gasteiger partial charge in [-0.05, 0) is 13.8 Å². The van der Waals surface area contributed by atoms with Crippen LogP contribution in [0.1, 0.15) is 20.8 Å². The van der Waals surface area contributed by atoms with Crippen LogP contribution >= 0.6 is 11.6 Å². The van der Waals surface area contributed by atoms with Crippen LogP contribution < -0.4 is 0 Å². The minimum Gasteiger partial charge on any atom is -0.374 e. The van der Waals surface area contributed by atoms with E-state index in [0.717, 1.165) is 0 Å². The molecule has 0 saturated carbocycles. The molecule has 1 nitrogen and oxygen atoms in total. The van der Waals surface area contributed by atoms with Crippen LogP contribution in [0.2, 0.25) is 0 Å². The summed E-state index contributed by atoms with van der Waals surface area (Å²) in [6.07, 6.45) is 0.676. The number of rotatable bonds is 1. The third-order valence-electron chi connectivity index (χ3n) is 2.55. The molecule has 0 aromatic heterocycles. The van der Waals surface area contributed by atoms with Crippen LogP contribution in [0.25, 0.3) is 0 Å². The van der Waals surface area contributed by atoms with Gasteiger partial charge in [-0.2, -0.15) is 0 Å². The molecule has 1 rings (SSSR count). The topological polar surface area (TPSA) is 9.23 Å². The molecular formula is C7H13ClO. The Morgan fingerprint density at radius 2 is 1.89 bits per heavy atom. The summed E-state index contributed by atoms with van der Waals surface area (Å²) < 4.78 is 5.36. The Kier molecular flexibility index (Phi) is 1.75. The Labute approximate surface area is 61.3 Å². The van der Waals surface area contributed by atoms with Crippen LogP contribution in [-0.4, -0.2) is 18.1 Å². The van der Waals surface area contributed by atoms with E-state index in [1.165, 1.54) is 0 Å². The van der Waals surface area contributed by atoms with Crippen molar-refractivity contribution in [2.24, 2.45) is 5.41 Å². The van der Waals surface area contributed by atoms with Crippen LogP contribution in [0.5, 0.6) is 0 Å². The Morgan fingerprint density at radius 1 is 1.44 bits per heavy atom. The largest absolute Gasteiger partial charge is 0.374 e. The Balaban J connectivity index is 2.55. The highest BCUT2D eigenvalue weighted by molar-refractivity contribution is 6.18. The number of halogens is 1. The molecule has 1 aliphatic rings. The predicted octanol–water partition coefficient (Wildman–Crippen LogP) is 2.04. The minimum absolute atomic E-state index is 0.224. The highest BCUT2D eigenvalue weighted by Gasteiger charge is 2.47. The van der Waals surface area contributed by atoms with Gasteiger partial charge in [-0.25, -0.2) is 0 Å². The summed E-state index contributed by atoms with van der Waals surface area (Å²) in [7, 11) is 0. The molecule has 0 N–H and O–H groups in total. The van der Waals surface area contributed by atoms with Crippen LogP contribution in [0.15, 0.2) is 0 Å². The standard InChI is InChI=1S/C7H13ClO/c1-5-7(3,4-8)6(2)9-5/h5-6H,4H2,1-3H3. The zero-order valence-corrected chi connectivity index (χ0v) is 6.90. The van der Waals surface area contributed by atoms with Crippen molar-refractivity contribution < 1.29 is 4.74 Å². The third kappa shape index (κ3) is 0.870. The molecule has 0 bridgehead atoms. The molecule has 1 aliphatic heterocycles. The number of hydrogen-bond acceptors (Lipinski definition) is 1. The van der Waals surface area contributed by atoms with Crippen molar-refractivity contribution in [3.8, 4) is 0 Å². The number of ether oxygens (including phenoxy) is 1. The highest BCUT2D eigenvalue weighted by Crippen LogP contribution is 2.41. The van der Waals surface area contributed by atoms with Gasteiger partial charge in [-0.15, -0.1) is 11.6 Å². The van der Waals surface area contributed by atoms with E-state index in [2.05, 4.69) is 20.8 Å². The molecule has 2 heteroatoms. The summed E-state index contributed by atoms with van der Waals surface area (Å²) in [6.45, 7) is 6.31. The van der Waals surface area contributed by atoms with E-state index in [9.17, 15) is 0 Å². The summed E-state index contributed by atoms with van der Waals surface area (Å²) in [6, 6.07) is 0. The lowest BCUT2D eigenvalue weighted by Crippen LogP contribution is -2.56. The summed E-state index contributed by atoms with van der Waals surface area (Å²) in [5, 5.41) is 0. The lowest BCUT2D eigenvalue weighted by Gasteiger charge is -2.50. The normalized spacial score (nSPS) is 50.7. The quantitative estimate of drug-likeness (QED) is 0.518. The molecule has 0 spiro atoms. The van der Waals surface area contributed by atoms with Crippen molar-refractivity contribution in [1.82, 2.24) is 0 Å². The first-order valence-corrected chi connectivity index (χ1v) is 3.86. The van der Waals surface area contributed by atoms with Crippen LogP contribution in [0.4, 0.5) is 0 Å². The van der Waals surface area contributed by atoms with Gasteiger partial charge in [0.25, 0.3) is 0 Å². The van der Waals surface area contributed by atoms with Gasteiger partial charge in [0.2, 0.25) is 0 Å². The first-order valence-electron chi connectivity index (χ1n) is 3.32. The van der Waals surface area contributed by atoms with Crippen molar-refractivity contribution in [3.63, 3.8) is 0 Å². The molecule has 0 aromatic rings. The van der Waals surface area contributed by atoms with E-state index >= 15 is 0 Å². The van der Waals surface area contributed by atoms with E-state index in [-0.39, 0.29) is 5.41 Å². The van der Waals surface area contributed by atoms with Gasteiger partial charge in [-0.1, -0.05) is 6.92 Å². The molecule has 0 aliphatic carbocycles. The van der Waals surface area contributed by atoms with Gasteiger partial charge in [0, 0.05) is 11.3 Å². The Bertz CT molecular complexity index is 105. The molecule has 0 amide bonds. The molecule has 0 aromatic carbocycles. The maximum atomic E-state index is 5.75. The SMILES string of the molecule is CC1OC(C)C1(C)CCl. The molecule has 2 unspecified atom stereocenters. The van der Waals surface area contributed by atoms with E-state index < -0.39 is 0 Å². The maximum absolute atomic E-state index is 5.75. The molecule has 1 fully saturated rings. The fourth-order valence-corrected chi connectivity index (χ4v) is 1.53. The van der Waals surface area contributed by atoms with Gasteiger partial charge >= 0.3 is 0 Å². The molecule has 54 valence electrons. The van der Waals surface area contributed by atoms with Gasteiger partial charge in [0.05, 0.1) is 12.2 Å². The smallest absolute Gasteiger partial charge is 0.0640 e. The lowest BCUT2D eigenvalue weighted by molar-refractivity contribution is -0.214. The van der Waals surface area contributed by atoms with E-state index in [1.807, 2.05) is 0 Å². The van der Waals surface area contributed by atoms with Crippen LogP contribution in [0, 0.1) is 5.41 Å². The van der Waals surface area contributed by atoms with Crippen molar-refractivity contribution >= 4 is 11.6 Å². The first-order chi connectivity index (χ1) is 4.11. The van der Waals surface area contributed by atoms with E-state index in [4.69, 9.17) is 16.3 Å². The minimum atomic E-state index is 0.224. The summed E-state index contributed by atoms with van der Waals surface area (Å²) >= 11 is 5.75. The van der Waals surface area contributed by atoms with Gasteiger partial charge < -0.3 is 4.74 Å². The second-order valence-corrected chi connectivity index (χ2v) is 3.33. The van der Waals surface area contributed by atoms with Crippen molar-refractivity contribution in [2.45, 2.75) is 33.0 Å². The second-order valence-electron chi connectivity index (χ2n) is 3.06. The average Bonchev–Trinajstić information content (AvgIpc) is 1.87. The van der Waals surface area contributed by atoms with Crippen LogP contribution in [0.3, 0.4) is 0 Å². The molecular weight excluding hydrogens is 136 g/mol. The predicted molar refractivity (Wildman–Crippen MR) is 38.8 cm³/mol. The van der Waals surface area contributed by atoms with Gasteiger partial charge in [0.15, 0.2) is 0 Å². The Hall–Kier alpha value is 0.250. The molecule has 9 heavy (non-hydrogen) atoms. The summed E-state index contributed by atoms with van der Waals surface area (Å²) in [5.41, 5.74) is 0.224. The van der Waals surface area contributed by atoms with Crippen LogP contribution in [-0.2, 0) is 4.74 Å².